The van der Waals surface area contributed by atoms with Crippen molar-refractivity contribution in [2.75, 3.05) is 13.1 Å². The average molecular weight is 392 g/mol. The molecule has 5 nitrogen and oxygen atoms in total. The van der Waals surface area contributed by atoms with Crippen LogP contribution in [0.1, 0.15) is 34.7 Å². The predicted octanol–water partition coefficient (Wildman–Crippen LogP) is 4.47. The number of aryl methyl sites for hydroxylation is 2. The van der Waals surface area contributed by atoms with Crippen molar-refractivity contribution >= 4 is 27.5 Å². The molecular formula is C19H18F2N2O3S. The van der Waals surface area contributed by atoms with Crippen LogP contribution in [0, 0.1) is 25.5 Å². The molecule has 4 rings (SSSR count). The van der Waals surface area contributed by atoms with Crippen LogP contribution in [-0.4, -0.2) is 35.0 Å². The molecule has 0 aliphatic carbocycles. The fraction of sp³-hybridized carbons (Fsp3) is 0.368. The third-order valence-electron chi connectivity index (χ3n) is 4.66. The van der Waals surface area contributed by atoms with Crippen molar-refractivity contribution in [2.24, 2.45) is 0 Å². The molecule has 1 fully saturated rings. The number of ether oxygens (including phenoxy) is 1. The third-order valence-corrected chi connectivity index (χ3v) is 5.55. The summed E-state index contributed by atoms with van der Waals surface area (Å²) in [6.07, 6.45) is 1.18. The van der Waals surface area contributed by atoms with Gasteiger partial charge in [-0.15, -0.1) is 0 Å². The fourth-order valence-electron chi connectivity index (χ4n) is 3.32. The van der Waals surface area contributed by atoms with Crippen LogP contribution in [0.2, 0.25) is 0 Å². The maximum atomic E-state index is 13.8. The van der Waals surface area contributed by atoms with Crippen molar-refractivity contribution in [3.05, 3.63) is 46.9 Å². The summed E-state index contributed by atoms with van der Waals surface area (Å²) in [5.74, 6) is -0.0254. The first-order chi connectivity index (χ1) is 12.9. The summed E-state index contributed by atoms with van der Waals surface area (Å²) in [5.41, 5.74) is 0.713. The van der Waals surface area contributed by atoms with Crippen molar-refractivity contribution in [1.29, 1.82) is 0 Å². The van der Waals surface area contributed by atoms with Crippen LogP contribution >= 0.6 is 11.3 Å². The Balaban J connectivity index is 1.40. The first-order valence-corrected chi connectivity index (χ1v) is 9.51. The number of amides is 1. The summed E-state index contributed by atoms with van der Waals surface area (Å²) in [4.78, 5) is 18.5. The lowest BCUT2D eigenvalue weighted by Gasteiger charge is -2.31. The van der Waals surface area contributed by atoms with Crippen LogP contribution in [0.5, 0.6) is 5.19 Å². The molecule has 0 bridgehead atoms. The topological polar surface area (TPSA) is 55.6 Å². The number of likely N-dealkylation sites (tertiary alicyclic amines) is 1. The molecule has 0 N–H and O–H groups in total. The first kappa shape index (κ1) is 17.9. The van der Waals surface area contributed by atoms with Crippen molar-refractivity contribution in [3.63, 3.8) is 0 Å². The Kier molecular flexibility index (Phi) is 4.59. The van der Waals surface area contributed by atoms with E-state index in [1.807, 2.05) is 6.92 Å². The minimum Gasteiger partial charge on any atom is -0.467 e. The molecule has 1 aromatic carbocycles. The van der Waals surface area contributed by atoms with E-state index in [-0.39, 0.29) is 17.5 Å². The molecule has 27 heavy (non-hydrogen) atoms. The number of hydrogen-bond acceptors (Lipinski definition) is 5. The molecule has 0 unspecified atom stereocenters. The van der Waals surface area contributed by atoms with Gasteiger partial charge in [0.05, 0.1) is 10.3 Å². The molecule has 1 aliphatic rings. The largest absolute Gasteiger partial charge is 0.467 e. The quantitative estimate of drug-likeness (QED) is 0.660. The van der Waals surface area contributed by atoms with Gasteiger partial charge in [-0.05, 0) is 26.0 Å². The molecule has 0 spiro atoms. The molecule has 3 heterocycles. The lowest BCUT2D eigenvalue weighted by atomic mass is 10.1. The molecule has 1 saturated heterocycles. The first-order valence-electron chi connectivity index (χ1n) is 8.69. The lowest BCUT2D eigenvalue weighted by Crippen LogP contribution is -2.41. The number of thiazole rings is 1. The Morgan fingerprint density at radius 3 is 2.67 bits per heavy atom. The molecule has 1 amide bonds. The van der Waals surface area contributed by atoms with Crippen LogP contribution in [0.3, 0.4) is 0 Å². The van der Waals surface area contributed by atoms with Crippen molar-refractivity contribution in [1.82, 2.24) is 9.88 Å². The standard InChI is InChI=1S/C19H18F2N2O3S/c1-10-7-14(11(2)25-10)18(24)23-5-3-13(4-6-23)26-19-22-17-15(21)8-12(20)9-16(17)27-19/h7-9,13H,3-6H2,1-2H3. The zero-order valence-corrected chi connectivity index (χ0v) is 15.7. The average Bonchev–Trinajstić information content (AvgIpc) is 3.17. The van der Waals surface area contributed by atoms with Gasteiger partial charge in [-0.3, -0.25) is 4.79 Å². The molecule has 142 valence electrons. The molecule has 1 aliphatic heterocycles. The third kappa shape index (κ3) is 3.53. The Labute approximate surface area is 158 Å². The number of rotatable bonds is 3. The minimum atomic E-state index is -0.692. The minimum absolute atomic E-state index is 0.0414. The van der Waals surface area contributed by atoms with Crippen LogP contribution in [0.15, 0.2) is 22.6 Å². The maximum Gasteiger partial charge on any atom is 0.274 e. The number of carbonyl (C=O) groups is 1. The smallest absolute Gasteiger partial charge is 0.274 e. The highest BCUT2D eigenvalue weighted by Gasteiger charge is 2.27. The van der Waals surface area contributed by atoms with Gasteiger partial charge in [-0.1, -0.05) is 11.3 Å². The van der Waals surface area contributed by atoms with Gasteiger partial charge in [-0.25, -0.2) is 8.78 Å². The SMILES string of the molecule is Cc1cc(C(=O)N2CCC(Oc3nc4c(F)cc(F)cc4s3)CC2)c(C)o1. The van der Waals surface area contributed by atoms with Gasteiger partial charge in [0, 0.05) is 32.0 Å². The van der Waals surface area contributed by atoms with Crippen molar-refractivity contribution in [2.45, 2.75) is 32.8 Å². The van der Waals surface area contributed by atoms with Crippen molar-refractivity contribution in [3.8, 4) is 5.19 Å². The predicted molar refractivity (Wildman–Crippen MR) is 97.3 cm³/mol. The van der Waals surface area contributed by atoms with Crippen LogP contribution in [0.4, 0.5) is 8.78 Å². The van der Waals surface area contributed by atoms with Gasteiger partial charge in [-0.2, -0.15) is 4.98 Å². The number of carbonyl (C=O) groups excluding carboxylic acids is 1. The number of benzene rings is 1. The summed E-state index contributed by atoms with van der Waals surface area (Å²) in [5, 5.41) is 0.320. The van der Waals surface area contributed by atoms with Gasteiger partial charge in [0.15, 0.2) is 5.82 Å². The van der Waals surface area contributed by atoms with E-state index < -0.39 is 11.6 Å². The Morgan fingerprint density at radius 1 is 1.26 bits per heavy atom. The van der Waals surface area contributed by atoms with Gasteiger partial charge in [0.25, 0.3) is 11.1 Å². The number of hydrogen-bond donors (Lipinski definition) is 0. The van der Waals surface area contributed by atoms with Crippen LogP contribution < -0.4 is 4.74 Å². The highest BCUT2D eigenvalue weighted by atomic mass is 32.1. The molecule has 0 saturated carbocycles. The number of piperidine rings is 1. The molecule has 0 radical (unpaired) electrons. The Morgan fingerprint density at radius 2 is 2.00 bits per heavy atom. The Hall–Kier alpha value is -2.48. The number of nitrogens with zero attached hydrogens (tertiary/aromatic N) is 2. The molecule has 3 aromatic rings. The van der Waals surface area contributed by atoms with Gasteiger partial charge < -0.3 is 14.1 Å². The van der Waals surface area contributed by atoms with Gasteiger partial charge >= 0.3 is 0 Å². The fourth-order valence-corrected chi connectivity index (χ4v) is 4.24. The van der Waals surface area contributed by atoms with E-state index in [2.05, 4.69) is 4.98 Å². The molecule has 2 aromatic heterocycles. The zero-order valence-electron chi connectivity index (χ0n) is 14.9. The second-order valence-corrected chi connectivity index (χ2v) is 7.64. The van der Waals surface area contributed by atoms with Crippen LogP contribution in [0.25, 0.3) is 10.2 Å². The van der Waals surface area contributed by atoms with E-state index in [1.54, 1.807) is 17.9 Å². The second kappa shape index (κ2) is 6.92. The lowest BCUT2D eigenvalue weighted by molar-refractivity contribution is 0.0594. The number of aromatic nitrogens is 1. The Bertz CT molecular complexity index is 1010. The van der Waals surface area contributed by atoms with E-state index >= 15 is 0 Å². The number of furan rings is 1. The van der Waals surface area contributed by atoms with Gasteiger partial charge in [0.1, 0.15) is 29.0 Å². The highest BCUT2D eigenvalue weighted by molar-refractivity contribution is 7.20. The maximum absolute atomic E-state index is 13.8. The summed E-state index contributed by atoms with van der Waals surface area (Å²) < 4.78 is 38.8. The highest BCUT2D eigenvalue weighted by Crippen LogP contribution is 2.32. The van der Waals surface area contributed by atoms with Crippen molar-refractivity contribution < 1.29 is 22.7 Å². The second-order valence-electron chi connectivity index (χ2n) is 6.65. The van der Waals surface area contributed by atoms with E-state index in [0.29, 0.717) is 52.9 Å². The van der Waals surface area contributed by atoms with Crippen LogP contribution in [-0.2, 0) is 0 Å². The monoisotopic (exact) mass is 392 g/mol. The summed E-state index contributed by atoms with van der Waals surface area (Å²) >= 11 is 1.12. The van der Waals surface area contributed by atoms with Gasteiger partial charge in [0.2, 0.25) is 0 Å². The van der Waals surface area contributed by atoms with E-state index in [4.69, 9.17) is 9.15 Å². The number of halogens is 2. The molecule has 8 heteroatoms. The molecule has 0 atom stereocenters. The molecular weight excluding hydrogens is 374 g/mol. The van der Waals surface area contributed by atoms with E-state index in [9.17, 15) is 13.6 Å². The van der Waals surface area contributed by atoms with E-state index in [1.165, 1.54) is 6.07 Å². The summed E-state index contributed by atoms with van der Waals surface area (Å²) in [6.45, 7) is 4.71. The number of fused-ring (bicyclic) bond motifs is 1. The zero-order chi connectivity index (χ0) is 19.1. The van der Waals surface area contributed by atoms with E-state index in [0.717, 1.165) is 17.4 Å². The summed E-state index contributed by atoms with van der Waals surface area (Å²) in [7, 11) is 0. The normalized spacial score (nSPS) is 15.5. The summed E-state index contributed by atoms with van der Waals surface area (Å²) in [6, 6.07) is 3.82.